The molecule has 5 heteroatoms. The summed E-state index contributed by atoms with van der Waals surface area (Å²) in [6.45, 7) is 4.54. The average Bonchev–Trinajstić information content (AvgIpc) is 2.79. The van der Waals surface area contributed by atoms with Gasteiger partial charge in [0.25, 0.3) is 0 Å². The number of rotatable bonds is 5. The Bertz CT molecular complexity index is 407. The fourth-order valence-electron chi connectivity index (χ4n) is 3.10. The zero-order chi connectivity index (χ0) is 13.9. The van der Waals surface area contributed by atoms with Crippen molar-refractivity contribution in [1.29, 1.82) is 0 Å². The van der Waals surface area contributed by atoms with Gasteiger partial charge in [-0.3, -0.25) is 4.90 Å². The molecule has 0 amide bonds. The fraction of sp³-hybridized carbons (Fsp3) is 0.786. The van der Waals surface area contributed by atoms with Gasteiger partial charge in [-0.15, -0.1) is 0 Å². The van der Waals surface area contributed by atoms with E-state index in [1.165, 1.54) is 0 Å². The van der Waals surface area contributed by atoms with Crippen LogP contribution in [-0.4, -0.2) is 50.5 Å². The Balaban J connectivity index is 2.06. The number of aliphatic hydroxyl groups is 2. The molecule has 2 heterocycles. The van der Waals surface area contributed by atoms with Crippen molar-refractivity contribution in [2.24, 2.45) is 12.5 Å². The van der Waals surface area contributed by atoms with Crippen LogP contribution in [-0.2, 0) is 13.6 Å². The van der Waals surface area contributed by atoms with Crippen molar-refractivity contribution < 1.29 is 10.2 Å². The summed E-state index contributed by atoms with van der Waals surface area (Å²) in [6, 6.07) is 0. The number of likely N-dealkylation sites (tertiary alicyclic amines) is 1. The number of aromatic nitrogens is 2. The second-order valence-electron chi connectivity index (χ2n) is 5.74. The largest absolute Gasteiger partial charge is 0.396 e. The second-order valence-corrected chi connectivity index (χ2v) is 5.74. The standard InChI is InChI=1S/C14H25N3O2/c1-3-5-14(11-18)10-17(7-4-12(14)19)9-13-15-6-8-16(13)2/h6,8,12,18-19H,3-5,7,9-11H2,1-2H3/t12-,14-/m0/s1. The molecule has 2 atom stereocenters. The summed E-state index contributed by atoms with van der Waals surface area (Å²) in [7, 11) is 1.99. The maximum absolute atomic E-state index is 10.2. The average molecular weight is 267 g/mol. The molecule has 1 aliphatic rings. The van der Waals surface area contributed by atoms with E-state index in [0.29, 0.717) is 0 Å². The number of aliphatic hydroxyl groups excluding tert-OH is 2. The first kappa shape index (κ1) is 14.5. The minimum absolute atomic E-state index is 0.0546. The first-order valence-corrected chi connectivity index (χ1v) is 7.09. The van der Waals surface area contributed by atoms with Crippen molar-refractivity contribution in [3.05, 3.63) is 18.2 Å². The van der Waals surface area contributed by atoms with E-state index in [4.69, 9.17) is 0 Å². The third-order valence-corrected chi connectivity index (χ3v) is 4.31. The van der Waals surface area contributed by atoms with E-state index in [2.05, 4.69) is 16.8 Å². The van der Waals surface area contributed by atoms with Crippen LogP contribution in [0.5, 0.6) is 0 Å². The van der Waals surface area contributed by atoms with Gasteiger partial charge in [-0.1, -0.05) is 13.3 Å². The highest BCUT2D eigenvalue weighted by Crippen LogP contribution is 2.35. The lowest BCUT2D eigenvalue weighted by Gasteiger charge is -2.45. The maximum atomic E-state index is 10.2. The summed E-state index contributed by atoms with van der Waals surface area (Å²) in [4.78, 5) is 6.64. The maximum Gasteiger partial charge on any atom is 0.122 e. The molecule has 1 aromatic heterocycles. The summed E-state index contributed by atoms with van der Waals surface area (Å²) in [6.07, 6.45) is 5.93. The predicted octanol–water partition coefficient (Wildman–Crippen LogP) is 0.765. The summed E-state index contributed by atoms with van der Waals surface area (Å²) < 4.78 is 2.02. The van der Waals surface area contributed by atoms with Crippen LogP contribution in [0.4, 0.5) is 0 Å². The molecule has 2 rings (SSSR count). The molecule has 1 saturated heterocycles. The zero-order valence-electron chi connectivity index (χ0n) is 11.9. The molecular weight excluding hydrogens is 242 g/mol. The SMILES string of the molecule is CCC[C@@]1(CO)CN(Cc2nccn2C)CC[C@@H]1O. The molecule has 0 spiro atoms. The lowest BCUT2D eigenvalue weighted by molar-refractivity contribution is -0.0825. The van der Waals surface area contributed by atoms with Crippen LogP contribution >= 0.6 is 0 Å². The van der Waals surface area contributed by atoms with Gasteiger partial charge in [0.15, 0.2) is 0 Å². The minimum Gasteiger partial charge on any atom is -0.396 e. The first-order chi connectivity index (χ1) is 9.11. The topological polar surface area (TPSA) is 61.5 Å². The molecular formula is C14H25N3O2. The lowest BCUT2D eigenvalue weighted by Crippen LogP contribution is -2.53. The number of nitrogens with zero attached hydrogens (tertiary/aromatic N) is 3. The van der Waals surface area contributed by atoms with E-state index in [1.807, 2.05) is 17.8 Å². The first-order valence-electron chi connectivity index (χ1n) is 7.09. The van der Waals surface area contributed by atoms with Crippen LogP contribution in [0.3, 0.4) is 0 Å². The number of imidazole rings is 1. The van der Waals surface area contributed by atoms with E-state index in [1.54, 1.807) is 6.20 Å². The van der Waals surface area contributed by atoms with Crippen molar-refractivity contribution in [3.8, 4) is 0 Å². The molecule has 0 saturated carbocycles. The Morgan fingerprint density at radius 2 is 2.32 bits per heavy atom. The van der Waals surface area contributed by atoms with Gasteiger partial charge in [0, 0.05) is 37.9 Å². The monoisotopic (exact) mass is 267 g/mol. The molecule has 0 aromatic carbocycles. The summed E-state index contributed by atoms with van der Waals surface area (Å²) in [5.41, 5.74) is -0.363. The van der Waals surface area contributed by atoms with E-state index in [9.17, 15) is 10.2 Å². The molecule has 1 fully saturated rings. The number of hydrogen-bond donors (Lipinski definition) is 2. The molecule has 5 nitrogen and oxygen atoms in total. The van der Waals surface area contributed by atoms with Crippen molar-refractivity contribution in [3.63, 3.8) is 0 Å². The van der Waals surface area contributed by atoms with Gasteiger partial charge >= 0.3 is 0 Å². The highest BCUT2D eigenvalue weighted by molar-refractivity contribution is 4.97. The van der Waals surface area contributed by atoms with Crippen molar-refractivity contribution in [2.75, 3.05) is 19.7 Å². The summed E-state index contributed by atoms with van der Waals surface area (Å²) in [5.74, 6) is 1.03. The van der Waals surface area contributed by atoms with Crippen LogP contribution in [0.2, 0.25) is 0 Å². The normalized spacial score (nSPS) is 28.7. The van der Waals surface area contributed by atoms with Crippen LogP contribution in [0, 0.1) is 5.41 Å². The highest BCUT2D eigenvalue weighted by Gasteiger charge is 2.41. The predicted molar refractivity (Wildman–Crippen MR) is 73.5 cm³/mol. The van der Waals surface area contributed by atoms with E-state index >= 15 is 0 Å². The van der Waals surface area contributed by atoms with E-state index in [0.717, 1.165) is 44.7 Å². The van der Waals surface area contributed by atoms with Crippen molar-refractivity contribution in [1.82, 2.24) is 14.5 Å². The Morgan fingerprint density at radius 1 is 1.53 bits per heavy atom. The summed E-state index contributed by atoms with van der Waals surface area (Å²) in [5, 5.41) is 20.0. The number of hydrogen-bond acceptors (Lipinski definition) is 4. The van der Waals surface area contributed by atoms with Crippen molar-refractivity contribution >= 4 is 0 Å². The van der Waals surface area contributed by atoms with Gasteiger partial charge in [-0.05, 0) is 12.8 Å². The molecule has 1 aliphatic heterocycles. The number of piperidine rings is 1. The van der Waals surface area contributed by atoms with Gasteiger partial charge in [-0.25, -0.2) is 4.98 Å². The Morgan fingerprint density at radius 3 is 2.89 bits per heavy atom. The smallest absolute Gasteiger partial charge is 0.122 e. The Labute approximate surface area is 114 Å². The van der Waals surface area contributed by atoms with Crippen LogP contribution in [0.1, 0.15) is 32.0 Å². The Kier molecular flexibility index (Phi) is 4.60. The Hall–Kier alpha value is -0.910. The summed E-state index contributed by atoms with van der Waals surface area (Å²) >= 11 is 0. The third kappa shape index (κ3) is 2.99. The number of aryl methyl sites for hydroxylation is 1. The van der Waals surface area contributed by atoms with E-state index < -0.39 is 6.10 Å². The fourth-order valence-corrected chi connectivity index (χ4v) is 3.10. The van der Waals surface area contributed by atoms with Crippen molar-refractivity contribution in [2.45, 2.75) is 38.8 Å². The lowest BCUT2D eigenvalue weighted by atomic mass is 9.74. The molecule has 0 radical (unpaired) electrons. The van der Waals surface area contributed by atoms with Crippen LogP contribution < -0.4 is 0 Å². The molecule has 1 aromatic rings. The molecule has 0 aliphatic carbocycles. The van der Waals surface area contributed by atoms with Gasteiger partial charge in [-0.2, -0.15) is 0 Å². The van der Waals surface area contributed by atoms with Gasteiger partial charge < -0.3 is 14.8 Å². The van der Waals surface area contributed by atoms with Gasteiger partial charge in [0.2, 0.25) is 0 Å². The molecule has 19 heavy (non-hydrogen) atoms. The minimum atomic E-state index is -0.393. The molecule has 2 N–H and O–H groups in total. The van der Waals surface area contributed by atoms with Crippen LogP contribution in [0.15, 0.2) is 12.4 Å². The second kappa shape index (κ2) is 6.03. The van der Waals surface area contributed by atoms with Gasteiger partial charge in [0.05, 0.1) is 19.3 Å². The third-order valence-electron chi connectivity index (χ3n) is 4.31. The molecule has 108 valence electrons. The zero-order valence-corrected chi connectivity index (χ0v) is 11.9. The molecule has 0 unspecified atom stereocenters. The quantitative estimate of drug-likeness (QED) is 0.827. The molecule has 0 bridgehead atoms. The van der Waals surface area contributed by atoms with E-state index in [-0.39, 0.29) is 12.0 Å². The van der Waals surface area contributed by atoms with Crippen LogP contribution in [0.25, 0.3) is 0 Å². The van der Waals surface area contributed by atoms with Gasteiger partial charge in [0.1, 0.15) is 5.82 Å². The highest BCUT2D eigenvalue weighted by atomic mass is 16.3.